The molecule has 0 aliphatic carbocycles. The summed E-state index contributed by atoms with van der Waals surface area (Å²) >= 11 is 0. The number of rotatable bonds is 4. The number of aromatic nitrogens is 2. The molecule has 1 aromatic carbocycles. The summed E-state index contributed by atoms with van der Waals surface area (Å²) in [7, 11) is 0. The van der Waals surface area contributed by atoms with Crippen molar-refractivity contribution in [2.45, 2.75) is 26.8 Å². The summed E-state index contributed by atoms with van der Waals surface area (Å²) in [5.41, 5.74) is 1.30. The van der Waals surface area contributed by atoms with Crippen LogP contribution in [0.5, 0.6) is 0 Å². The number of nitrogens with one attached hydrogen (secondary N) is 1. The molecule has 7 heteroatoms. The summed E-state index contributed by atoms with van der Waals surface area (Å²) in [6, 6.07) is 8.38. The molecule has 110 valence electrons. The second-order valence-electron chi connectivity index (χ2n) is 4.75. The third kappa shape index (κ3) is 2.91. The number of hydrogen-bond acceptors (Lipinski definition) is 4. The summed E-state index contributed by atoms with van der Waals surface area (Å²) in [5.74, 6) is -0.276. The summed E-state index contributed by atoms with van der Waals surface area (Å²) in [6.45, 7) is 4.80. The van der Waals surface area contributed by atoms with Gasteiger partial charge in [0.2, 0.25) is 5.91 Å². The lowest BCUT2D eigenvalue weighted by Gasteiger charge is -2.13. The van der Waals surface area contributed by atoms with Crippen molar-refractivity contribution >= 4 is 17.3 Å². The van der Waals surface area contributed by atoms with E-state index in [1.54, 1.807) is 32.9 Å². The van der Waals surface area contributed by atoms with Crippen LogP contribution in [0.2, 0.25) is 0 Å². The van der Waals surface area contributed by atoms with Crippen LogP contribution >= 0.6 is 0 Å². The molecule has 1 atom stereocenters. The Bertz CT molecular complexity index is 679. The van der Waals surface area contributed by atoms with Gasteiger partial charge in [0.1, 0.15) is 17.4 Å². The van der Waals surface area contributed by atoms with Gasteiger partial charge in [-0.25, -0.2) is 0 Å². The quantitative estimate of drug-likeness (QED) is 0.691. The van der Waals surface area contributed by atoms with Crippen LogP contribution in [-0.4, -0.2) is 20.6 Å². The van der Waals surface area contributed by atoms with Crippen LogP contribution in [-0.2, 0) is 4.79 Å². The van der Waals surface area contributed by atoms with Crippen molar-refractivity contribution in [3.05, 3.63) is 51.8 Å². The fraction of sp³-hybridized carbons (Fsp3) is 0.286. The molecule has 0 aliphatic heterocycles. The van der Waals surface area contributed by atoms with E-state index in [1.165, 1.54) is 4.68 Å². The van der Waals surface area contributed by atoms with Gasteiger partial charge in [-0.2, -0.15) is 5.10 Å². The highest BCUT2D eigenvalue weighted by atomic mass is 16.6. The van der Waals surface area contributed by atoms with Gasteiger partial charge in [-0.3, -0.25) is 19.6 Å². The Balaban J connectivity index is 2.24. The maximum atomic E-state index is 12.2. The normalized spacial score (nSPS) is 12.0. The Morgan fingerprint density at radius 3 is 2.48 bits per heavy atom. The summed E-state index contributed by atoms with van der Waals surface area (Å²) in [4.78, 5) is 22.7. The minimum atomic E-state index is -0.641. The number of hydrogen-bond donors (Lipinski definition) is 1. The second-order valence-corrected chi connectivity index (χ2v) is 4.75. The topological polar surface area (TPSA) is 90.1 Å². The first-order valence-corrected chi connectivity index (χ1v) is 6.48. The zero-order valence-corrected chi connectivity index (χ0v) is 12.0. The summed E-state index contributed by atoms with van der Waals surface area (Å²) in [5, 5.41) is 17.9. The zero-order valence-electron chi connectivity index (χ0n) is 12.0. The number of carbonyl (C=O) groups is 1. The second kappa shape index (κ2) is 5.74. The molecule has 0 aliphatic rings. The van der Waals surface area contributed by atoms with Gasteiger partial charge in [-0.15, -0.1) is 0 Å². The Hall–Kier alpha value is -2.70. The molecule has 21 heavy (non-hydrogen) atoms. The van der Waals surface area contributed by atoms with Gasteiger partial charge in [-0.05, 0) is 32.9 Å². The Labute approximate surface area is 121 Å². The largest absolute Gasteiger partial charge is 0.324 e. The molecule has 0 unspecified atom stereocenters. The van der Waals surface area contributed by atoms with Crippen molar-refractivity contribution < 1.29 is 9.72 Å². The van der Waals surface area contributed by atoms with Gasteiger partial charge < -0.3 is 5.32 Å². The first-order chi connectivity index (χ1) is 9.91. The van der Waals surface area contributed by atoms with Crippen molar-refractivity contribution in [2.24, 2.45) is 0 Å². The van der Waals surface area contributed by atoms with E-state index in [0.717, 1.165) is 0 Å². The molecule has 1 heterocycles. The van der Waals surface area contributed by atoms with Crippen LogP contribution < -0.4 is 5.32 Å². The van der Waals surface area contributed by atoms with Crippen LogP contribution in [0.4, 0.5) is 11.4 Å². The molecule has 2 rings (SSSR count). The fourth-order valence-electron chi connectivity index (χ4n) is 2.17. The number of carbonyl (C=O) groups excluding carboxylic acids is 1. The summed E-state index contributed by atoms with van der Waals surface area (Å²) in [6.07, 6.45) is 0. The first-order valence-electron chi connectivity index (χ1n) is 6.48. The zero-order chi connectivity index (χ0) is 15.6. The van der Waals surface area contributed by atoms with E-state index in [2.05, 4.69) is 10.4 Å². The molecule has 0 fully saturated rings. The van der Waals surface area contributed by atoms with E-state index >= 15 is 0 Å². The lowest BCUT2D eigenvalue weighted by Crippen LogP contribution is -2.25. The predicted octanol–water partition coefficient (Wildman–Crippen LogP) is 2.61. The van der Waals surface area contributed by atoms with Gasteiger partial charge in [0.25, 0.3) is 0 Å². The first kappa shape index (κ1) is 14.7. The molecule has 0 bridgehead atoms. The molecule has 0 radical (unpaired) electrons. The van der Waals surface area contributed by atoms with Crippen LogP contribution in [0.15, 0.2) is 30.3 Å². The van der Waals surface area contributed by atoms with Crippen molar-refractivity contribution in [1.29, 1.82) is 0 Å². The third-order valence-corrected chi connectivity index (χ3v) is 3.26. The van der Waals surface area contributed by atoms with Gasteiger partial charge in [0.05, 0.1) is 4.92 Å². The fourth-order valence-corrected chi connectivity index (χ4v) is 2.17. The molecule has 0 saturated heterocycles. The van der Waals surface area contributed by atoms with E-state index < -0.39 is 11.0 Å². The van der Waals surface area contributed by atoms with Crippen LogP contribution in [0.3, 0.4) is 0 Å². The van der Waals surface area contributed by atoms with E-state index in [9.17, 15) is 14.9 Å². The Kier molecular flexibility index (Phi) is 4.02. The van der Waals surface area contributed by atoms with Crippen molar-refractivity contribution in [3.63, 3.8) is 0 Å². The lowest BCUT2D eigenvalue weighted by molar-refractivity contribution is -0.386. The van der Waals surface area contributed by atoms with Gasteiger partial charge in [0, 0.05) is 5.69 Å². The van der Waals surface area contributed by atoms with Crippen molar-refractivity contribution in [1.82, 2.24) is 9.78 Å². The van der Waals surface area contributed by atoms with E-state index in [1.807, 2.05) is 18.2 Å². The minimum absolute atomic E-state index is 0.0469. The average molecular weight is 288 g/mol. The third-order valence-electron chi connectivity index (χ3n) is 3.26. The van der Waals surface area contributed by atoms with Crippen LogP contribution in [0, 0.1) is 24.0 Å². The maximum absolute atomic E-state index is 12.2. The highest BCUT2D eigenvalue weighted by Crippen LogP contribution is 2.25. The smallest absolute Gasteiger partial charge is 0.312 e. The maximum Gasteiger partial charge on any atom is 0.312 e. The van der Waals surface area contributed by atoms with Gasteiger partial charge in [-0.1, -0.05) is 18.2 Å². The molecule has 1 aromatic heterocycles. The molecule has 0 saturated carbocycles. The van der Waals surface area contributed by atoms with E-state index in [0.29, 0.717) is 17.1 Å². The van der Waals surface area contributed by atoms with Gasteiger partial charge in [0.15, 0.2) is 0 Å². The molecule has 0 spiro atoms. The lowest BCUT2D eigenvalue weighted by atomic mass is 10.2. The van der Waals surface area contributed by atoms with Crippen molar-refractivity contribution in [3.8, 4) is 0 Å². The minimum Gasteiger partial charge on any atom is -0.324 e. The number of amides is 1. The molecular weight excluding hydrogens is 272 g/mol. The SMILES string of the molecule is Cc1nn([C@@H](C)C(=O)Nc2ccccc2)c(C)c1[N+](=O)[O-]. The molecular formula is C14H16N4O3. The standard InChI is InChI=1S/C14H16N4O3/c1-9-13(18(20)21)10(2)17(16-9)11(3)14(19)15-12-7-5-4-6-8-12/h4-8,11H,1-3H3,(H,15,19)/t11-/m0/s1. The van der Waals surface area contributed by atoms with E-state index in [4.69, 9.17) is 0 Å². The number of nitrogens with zero attached hydrogens (tertiary/aromatic N) is 3. The molecule has 7 nitrogen and oxygen atoms in total. The number of nitro groups is 1. The molecule has 1 N–H and O–H groups in total. The molecule has 2 aromatic rings. The number of aryl methyl sites for hydroxylation is 1. The van der Waals surface area contributed by atoms with Gasteiger partial charge >= 0.3 is 5.69 Å². The van der Waals surface area contributed by atoms with E-state index in [-0.39, 0.29) is 11.6 Å². The molecule has 1 amide bonds. The van der Waals surface area contributed by atoms with Crippen LogP contribution in [0.1, 0.15) is 24.4 Å². The Morgan fingerprint density at radius 2 is 1.95 bits per heavy atom. The number of anilines is 1. The highest BCUT2D eigenvalue weighted by Gasteiger charge is 2.26. The average Bonchev–Trinajstić information content (AvgIpc) is 2.74. The monoisotopic (exact) mass is 288 g/mol. The predicted molar refractivity (Wildman–Crippen MR) is 78.1 cm³/mol. The summed E-state index contributed by atoms with van der Waals surface area (Å²) < 4.78 is 1.38. The Morgan fingerprint density at radius 1 is 1.33 bits per heavy atom. The van der Waals surface area contributed by atoms with Crippen molar-refractivity contribution in [2.75, 3.05) is 5.32 Å². The number of benzene rings is 1. The van der Waals surface area contributed by atoms with Crippen LogP contribution in [0.25, 0.3) is 0 Å². The number of para-hydroxylation sites is 1. The highest BCUT2D eigenvalue weighted by molar-refractivity contribution is 5.93.